The lowest BCUT2D eigenvalue weighted by molar-refractivity contribution is -0.122. The largest absolute Gasteiger partial charge is 0.483 e. The van der Waals surface area contributed by atoms with Crippen molar-refractivity contribution in [2.45, 2.75) is 25.8 Å². The average Bonchev–Trinajstić information content (AvgIpc) is 2.02. The molecule has 0 aliphatic rings. The lowest BCUT2D eigenvalue weighted by atomic mass is 10.2. The van der Waals surface area contributed by atoms with E-state index in [4.69, 9.17) is 20.4 Å². The number of carboxylic acid groups (broad SMARTS) is 1. The maximum atomic E-state index is 8.36. The highest BCUT2D eigenvalue weighted by Crippen LogP contribution is 1.91. The molecule has 0 aromatic rings. The number of rotatable bonds is 4. The van der Waals surface area contributed by atoms with E-state index in [0.717, 1.165) is 19.4 Å². The second-order valence-corrected chi connectivity index (χ2v) is 2.06. The zero-order valence-electron chi connectivity index (χ0n) is 7.12. The first-order valence-corrected chi connectivity index (χ1v) is 3.55. The predicted octanol–water partition coefficient (Wildman–Crippen LogP) is 0.461. The van der Waals surface area contributed by atoms with Crippen LogP contribution in [0, 0.1) is 0 Å². The summed E-state index contributed by atoms with van der Waals surface area (Å²) in [5.74, 6) is 0. The molecule has 3 N–H and O–H groups in total. The van der Waals surface area contributed by atoms with Crippen molar-refractivity contribution >= 4 is 6.47 Å². The van der Waals surface area contributed by atoms with Crippen LogP contribution < -0.4 is 5.73 Å². The van der Waals surface area contributed by atoms with Gasteiger partial charge in [0.25, 0.3) is 6.47 Å². The zero-order valence-corrected chi connectivity index (χ0v) is 7.12. The lowest BCUT2D eigenvalue weighted by Crippen LogP contribution is -2.20. The van der Waals surface area contributed by atoms with Crippen LogP contribution in [0.2, 0.25) is 0 Å². The van der Waals surface area contributed by atoms with Crippen LogP contribution in [0.5, 0.6) is 0 Å². The van der Waals surface area contributed by atoms with E-state index in [1.54, 1.807) is 7.11 Å². The standard InChI is InChI=1S/C6H15NO.CH2O2/c1-3-6(7)4-5-8-2;2-1-3/h6H,3-5,7H2,1-2H3;1H,(H,2,3). The third kappa shape index (κ3) is 17.7. The van der Waals surface area contributed by atoms with Crippen LogP contribution in [0.4, 0.5) is 0 Å². The summed E-state index contributed by atoms with van der Waals surface area (Å²) in [7, 11) is 1.70. The van der Waals surface area contributed by atoms with Crippen molar-refractivity contribution in [3.63, 3.8) is 0 Å². The normalized spacial score (nSPS) is 11.2. The Bertz CT molecular complexity index is 78.1. The Morgan fingerprint density at radius 1 is 1.73 bits per heavy atom. The molecule has 0 aromatic heterocycles. The SMILES string of the molecule is CCC(N)CCOC.O=CO. The molecule has 0 aliphatic carbocycles. The van der Waals surface area contributed by atoms with E-state index in [1.165, 1.54) is 0 Å². The van der Waals surface area contributed by atoms with Crippen LogP contribution >= 0.6 is 0 Å². The van der Waals surface area contributed by atoms with E-state index < -0.39 is 0 Å². The molecule has 0 saturated carbocycles. The van der Waals surface area contributed by atoms with Gasteiger partial charge in [-0.1, -0.05) is 6.92 Å². The van der Waals surface area contributed by atoms with Crippen LogP contribution in [-0.4, -0.2) is 31.3 Å². The number of carbonyl (C=O) groups is 1. The molecule has 1 unspecified atom stereocenters. The van der Waals surface area contributed by atoms with Crippen molar-refractivity contribution in [2.24, 2.45) is 5.73 Å². The van der Waals surface area contributed by atoms with Crippen LogP contribution in [-0.2, 0) is 9.53 Å². The maximum absolute atomic E-state index is 8.36. The summed E-state index contributed by atoms with van der Waals surface area (Å²) in [5, 5.41) is 6.89. The highest BCUT2D eigenvalue weighted by Gasteiger charge is 1.95. The minimum Gasteiger partial charge on any atom is -0.483 e. The smallest absolute Gasteiger partial charge is 0.290 e. The van der Waals surface area contributed by atoms with Gasteiger partial charge in [-0.05, 0) is 12.8 Å². The first-order valence-electron chi connectivity index (χ1n) is 3.55. The molecule has 0 bridgehead atoms. The van der Waals surface area contributed by atoms with Crippen LogP contribution in [0.25, 0.3) is 0 Å². The van der Waals surface area contributed by atoms with Crippen molar-refractivity contribution in [1.82, 2.24) is 0 Å². The summed E-state index contributed by atoms with van der Waals surface area (Å²) >= 11 is 0. The molecule has 68 valence electrons. The lowest BCUT2D eigenvalue weighted by Gasteiger charge is -2.05. The van der Waals surface area contributed by atoms with Crippen LogP contribution in [0.15, 0.2) is 0 Å². The van der Waals surface area contributed by atoms with Gasteiger partial charge in [0, 0.05) is 19.8 Å². The summed E-state index contributed by atoms with van der Waals surface area (Å²) in [5.41, 5.74) is 5.58. The number of nitrogens with two attached hydrogens (primary N) is 1. The van der Waals surface area contributed by atoms with Crippen molar-refractivity contribution in [2.75, 3.05) is 13.7 Å². The van der Waals surface area contributed by atoms with E-state index in [1.807, 2.05) is 0 Å². The van der Waals surface area contributed by atoms with Gasteiger partial charge in [-0.15, -0.1) is 0 Å². The molecule has 4 nitrogen and oxygen atoms in total. The number of methoxy groups -OCH3 is 1. The fourth-order valence-electron chi connectivity index (χ4n) is 0.473. The van der Waals surface area contributed by atoms with Crippen molar-refractivity contribution in [3.05, 3.63) is 0 Å². The highest BCUT2D eigenvalue weighted by atomic mass is 16.5. The van der Waals surface area contributed by atoms with Crippen molar-refractivity contribution < 1.29 is 14.6 Å². The van der Waals surface area contributed by atoms with Crippen molar-refractivity contribution in [1.29, 1.82) is 0 Å². The molecular weight excluding hydrogens is 146 g/mol. The minimum absolute atomic E-state index is 0.250. The topological polar surface area (TPSA) is 72.5 Å². The van der Waals surface area contributed by atoms with Gasteiger partial charge < -0.3 is 15.6 Å². The number of hydrogen-bond donors (Lipinski definition) is 2. The highest BCUT2D eigenvalue weighted by molar-refractivity contribution is 5.32. The molecule has 0 heterocycles. The monoisotopic (exact) mass is 163 g/mol. The van der Waals surface area contributed by atoms with E-state index in [0.29, 0.717) is 6.04 Å². The molecule has 0 spiro atoms. The van der Waals surface area contributed by atoms with Gasteiger partial charge in [0.1, 0.15) is 0 Å². The summed E-state index contributed by atoms with van der Waals surface area (Å²) in [6.45, 7) is 2.62. The van der Waals surface area contributed by atoms with E-state index >= 15 is 0 Å². The fraction of sp³-hybridized carbons (Fsp3) is 0.857. The molecule has 0 aliphatic heterocycles. The Morgan fingerprint density at radius 2 is 2.18 bits per heavy atom. The first kappa shape index (κ1) is 13.0. The van der Waals surface area contributed by atoms with Crippen molar-refractivity contribution in [3.8, 4) is 0 Å². The summed E-state index contributed by atoms with van der Waals surface area (Å²) in [6, 6.07) is 0.329. The molecule has 4 heteroatoms. The van der Waals surface area contributed by atoms with Gasteiger partial charge in [-0.3, -0.25) is 4.79 Å². The molecule has 0 rings (SSSR count). The molecule has 0 aromatic carbocycles. The zero-order chi connectivity index (χ0) is 9.11. The molecule has 0 fully saturated rings. The third-order valence-electron chi connectivity index (χ3n) is 1.22. The Morgan fingerprint density at radius 3 is 2.45 bits per heavy atom. The van der Waals surface area contributed by atoms with Crippen LogP contribution in [0.1, 0.15) is 19.8 Å². The summed E-state index contributed by atoms with van der Waals surface area (Å²) in [6.07, 6.45) is 2.02. The second kappa shape index (κ2) is 12.1. The van der Waals surface area contributed by atoms with E-state index in [-0.39, 0.29) is 6.47 Å². The molecule has 0 amide bonds. The Kier molecular flexibility index (Phi) is 14.3. The summed E-state index contributed by atoms with van der Waals surface area (Å²) < 4.78 is 4.83. The minimum atomic E-state index is -0.250. The Hall–Kier alpha value is -0.610. The molecule has 0 saturated heterocycles. The van der Waals surface area contributed by atoms with Gasteiger partial charge >= 0.3 is 0 Å². The van der Waals surface area contributed by atoms with E-state index in [2.05, 4.69) is 6.92 Å². The van der Waals surface area contributed by atoms with E-state index in [9.17, 15) is 0 Å². The summed E-state index contributed by atoms with van der Waals surface area (Å²) in [4.78, 5) is 8.36. The van der Waals surface area contributed by atoms with Gasteiger partial charge in [-0.2, -0.15) is 0 Å². The van der Waals surface area contributed by atoms with Crippen LogP contribution in [0.3, 0.4) is 0 Å². The molecule has 11 heavy (non-hydrogen) atoms. The number of ether oxygens (including phenoxy) is 1. The first-order chi connectivity index (χ1) is 5.22. The Labute approximate surface area is 67.3 Å². The third-order valence-corrected chi connectivity index (χ3v) is 1.22. The molecular formula is C7H17NO3. The Balaban J connectivity index is 0. The predicted molar refractivity (Wildman–Crippen MR) is 43.5 cm³/mol. The average molecular weight is 163 g/mol. The maximum Gasteiger partial charge on any atom is 0.290 e. The molecule has 1 atom stereocenters. The van der Waals surface area contributed by atoms with Gasteiger partial charge in [0.2, 0.25) is 0 Å². The molecule has 0 radical (unpaired) electrons. The van der Waals surface area contributed by atoms with Gasteiger partial charge in [0.05, 0.1) is 0 Å². The quantitative estimate of drug-likeness (QED) is 0.590. The number of hydrogen-bond acceptors (Lipinski definition) is 3. The fourth-order valence-corrected chi connectivity index (χ4v) is 0.473. The van der Waals surface area contributed by atoms with Gasteiger partial charge in [0.15, 0.2) is 0 Å². The second-order valence-electron chi connectivity index (χ2n) is 2.06. The van der Waals surface area contributed by atoms with Gasteiger partial charge in [-0.25, -0.2) is 0 Å².